The zero-order valence-electron chi connectivity index (χ0n) is 14.7. The van der Waals surface area contributed by atoms with E-state index in [-0.39, 0.29) is 17.8 Å². The van der Waals surface area contributed by atoms with Crippen LogP contribution in [0, 0.1) is 3.57 Å². The Labute approximate surface area is 175 Å². The Bertz CT molecular complexity index is 899. The maximum absolute atomic E-state index is 12.7. The second kappa shape index (κ2) is 8.66. The van der Waals surface area contributed by atoms with Crippen molar-refractivity contribution in [2.24, 2.45) is 0 Å². The predicted molar refractivity (Wildman–Crippen MR) is 115 cm³/mol. The van der Waals surface area contributed by atoms with Crippen molar-refractivity contribution in [2.45, 2.75) is 0 Å². The summed E-state index contributed by atoms with van der Waals surface area (Å²) in [6, 6.07) is 13.0. The lowest BCUT2D eigenvalue weighted by atomic mass is 10.1. The van der Waals surface area contributed by atoms with E-state index in [1.165, 1.54) is 4.90 Å². The molecule has 27 heavy (non-hydrogen) atoms. The molecule has 1 N–H and O–H groups in total. The van der Waals surface area contributed by atoms with Crippen LogP contribution in [0.15, 0.2) is 47.4 Å². The number of hydrogen-bond acceptors (Lipinski definition) is 6. The number of benzene rings is 2. The molecule has 0 unspecified atom stereocenters. The van der Waals surface area contributed by atoms with Gasteiger partial charge in [-0.25, -0.2) is 0 Å². The van der Waals surface area contributed by atoms with Gasteiger partial charge in [-0.05, 0) is 82.9 Å². The highest BCUT2D eigenvalue weighted by atomic mass is 127. The van der Waals surface area contributed by atoms with Crippen LogP contribution >= 0.6 is 34.4 Å². The SMILES string of the molecule is COc1ccc(OC)c(/C=C2/SC(=O)N(CNc3ccc(I)cc3)C2=O)c1. The highest BCUT2D eigenvalue weighted by molar-refractivity contribution is 14.1. The first-order valence-corrected chi connectivity index (χ1v) is 9.88. The van der Waals surface area contributed by atoms with Gasteiger partial charge in [-0.1, -0.05) is 0 Å². The molecule has 1 saturated heterocycles. The Balaban J connectivity index is 1.77. The highest BCUT2D eigenvalue weighted by Gasteiger charge is 2.35. The van der Waals surface area contributed by atoms with Crippen LogP contribution in [-0.2, 0) is 4.79 Å². The molecule has 0 aliphatic carbocycles. The van der Waals surface area contributed by atoms with Crippen molar-refractivity contribution in [1.82, 2.24) is 4.90 Å². The zero-order chi connectivity index (χ0) is 19.4. The Hall–Kier alpha value is -2.20. The summed E-state index contributed by atoms with van der Waals surface area (Å²) in [4.78, 5) is 26.4. The maximum atomic E-state index is 12.7. The molecular weight excluding hydrogens is 479 g/mol. The number of halogens is 1. The van der Waals surface area contributed by atoms with Gasteiger partial charge in [0.2, 0.25) is 0 Å². The molecule has 1 aliphatic rings. The number of ether oxygens (including phenoxy) is 2. The van der Waals surface area contributed by atoms with Gasteiger partial charge >= 0.3 is 0 Å². The van der Waals surface area contributed by atoms with Crippen LogP contribution in [0.4, 0.5) is 10.5 Å². The van der Waals surface area contributed by atoms with Crippen LogP contribution in [0.3, 0.4) is 0 Å². The van der Waals surface area contributed by atoms with E-state index in [0.717, 1.165) is 21.0 Å². The number of carbonyl (C=O) groups excluding carboxylic acids is 2. The molecule has 6 nitrogen and oxygen atoms in total. The average Bonchev–Trinajstić information content (AvgIpc) is 2.94. The Morgan fingerprint density at radius 2 is 1.85 bits per heavy atom. The van der Waals surface area contributed by atoms with Crippen LogP contribution < -0.4 is 14.8 Å². The fraction of sp³-hybridized carbons (Fsp3) is 0.158. The number of anilines is 1. The molecule has 140 valence electrons. The van der Waals surface area contributed by atoms with Crippen LogP contribution in [0.1, 0.15) is 5.56 Å². The second-order valence-corrected chi connectivity index (χ2v) is 7.80. The molecule has 1 aliphatic heterocycles. The molecule has 0 radical (unpaired) electrons. The number of nitrogens with one attached hydrogen (secondary N) is 1. The summed E-state index contributed by atoms with van der Waals surface area (Å²) in [5, 5.41) is 2.78. The first kappa shape index (κ1) is 19.6. The molecule has 0 saturated carbocycles. The zero-order valence-corrected chi connectivity index (χ0v) is 17.7. The number of nitrogens with zero attached hydrogens (tertiary/aromatic N) is 1. The summed E-state index contributed by atoms with van der Waals surface area (Å²) >= 11 is 3.12. The van der Waals surface area contributed by atoms with Crippen LogP contribution in [0.5, 0.6) is 11.5 Å². The normalized spacial score (nSPS) is 15.4. The molecule has 3 rings (SSSR count). The third-order valence-corrected chi connectivity index (χ3v) is 5.51. The predicted octanol–water partition coefficient (Wildman–Crippen LogP) is 4.41. The van der Waals surface area contributed by atoms with Crippen molar-refractivity contribution in [1.29, 1.82) is 0 Å². The van der Waals surface area contributed by atoms with E-state index in [0.29, 0.717) is 22.0 Å². The lowest BCUT2D eigenvalue weighted by Gasteiger charge is -2.14. The summed E-state index contributed by atoms with van der Waals surface area (Å²) in [5.41, 5.74) is 1.51. The number of amides is 2. The molecule has 0 spiro atoms. The third kappa shape index (κ3) is 4.56. The minimum Gasteiger partial charge on any atom is -0.497 e. The summed E-state index contributed by atoms with van der Waals surface area (Å²) in [6.07, 6.45) is 1.65. The largest absolute Gasteiger partial charge is 0.497 e. The number of rotatable bonds is 6. The number of methoxy groups -OCH3 is 2. The van der Waals surface area contributed by atoms with E-state index in [4.69, 9.17) is 9.47 Å². The number of thioether (sulfide) groups is 1. The number of hydrogen-bond donors (Lipinski definition) is 1. The Morgan fingerprint density at radius 1 is 1.11 bits per heavy atom. The molecule has 0 atom stereocenters. The molecule has 2 aromatic rings. The van der Waals surface area contributed by atoms with Crippen molar-refractivity contribution < 1.29 is 19.1 Å². The van der Waals surface area contributed by atoms with Gasteiger partial charge in [0, 0.05) is 14.8 Å². The maximum Gasteiger partial charge on any atom is 0.295 e. The standard InChI is InChI=1S/C19H17IN2O4S/c1-25-15-7-8-16(26-2)12(9-15)10-17-18(23)22(19(24)27-17)11-21-14-5-3-13(20)4-6-14/h3-10,21H,11H2,1-2H3/b17-10+. The van der Waals surface area contributed by atoms with Gasteiger partial charge in [0.05, 0.1) is 25.8 Å². The first-order chi connectivity index (χ1) is 13.0. The van der Waals surface area contributed by atoms with E-state index >= 15 is 0 Å². The Kier molecular flexibility index (Phi) is 6.27. The fourth-order valence-electron chi connectivity index (χ4n) is 2.47. The van der Waals surface area contributed by atoms with Crippen molar-refractivity contribution >= 4 is 57.3 Å². The lowest BCUT2D eigenvalue weighted by Crippen LogP contribution is -2.33. The van der Waals surface area contributed by atoms with Crippen LogP contribution in [0.25, 0.3) is 6.08 Å². The molecular formula is C19H17IN2O4S. The lowest BCUT2D eigenvalue weighted by molar-refractivity contribution is -0.122. The second-order valence-electron chi connectivity index (χ2n) is 5.56. The highest BCUT2D eigenvalue weighted by Crippen LogP contribution is 2.35. The molecule has 2 aromatic carbocycles. The van der Waals surface area contributed by atoms with Crippen molar-refractivity contribution in [2.75, 3.05) is 26.2 Å². The third-order valence-electron chi connectivity index (χ3n) is 3.88. The quantitative estimate of drug-likeness (QED) is 0.472. The van der Waals surface area contributed by atoms with Gasteiger partial charge in [0.15, 0.2) is 0 Å². The van der Waals surface area contributed by atoms with E-state index in [1.807, 2.05) is 24.3 Å². The van der Waals surface area contributed by atoms with Crippen molar-refractivity contribution in [3.8, 4) is 11.5 Å². The number of imide groups is 1. The monoisotopic (exact) mass is 496 g/mol. The molecule has 1 heterocycles. The summed E-state index contributed by atoms with van der Waals surface area (Å²) in [5.74, 6) is 0.897. The van der Waals surface area contributed by atoms with Gasteiger partial charge in [0.25, 0.3) is 11.1 Å². The topological polar surface area (TPSA) is 67.9 Å². The van der Waals surface area contributed by atoms with Crippen molar-refractivity contribution in [3.63, 3.8) is 0 Å². The fourth-order valence-corrected chi connectivity index (χ4v) is 3.66. The Morgan fingerprint density at radius 3 is 2.52 bits per heavy atom. The summed E-state index contributed by atoms with van der Waals surface area (Å²) in [6.45, 7) is 0.109. The molecule has 8 heteroatoms. The van der Waals surface area contributed by atoms with Gasteiger partial charge in [-0.2, -0.15) is 0 Å². The van der Waals surface area contributed by atoms with Gasteiger partial charge in [-0.3, -0.25) is 14.5 Å². The van der Waals surface area contributed by atoms with Crippen LogP contribution in [-0.4, -0.2) is 36.9 Å². The summed E-state index contributed by atoms with van der Waals surface area (Å²) in [7, 11) is 3.12. The van der Waals surface area contributed by atoms with Gasteiger partial charge < -0.3 is 14.8 Å². The minimum absolute atomic E-state index is 0.109. The molecule has 0 bridgehead atoms. The van der Waals surface area contributed by atoms with E-state index < -0.39 is 0 Å². The molecule has 2 amide bonds. The summed E-state index contributed by atoms with van der Waals surface area (Å²) < 4.78 is 11.7. The van der Waals surface area contributed by atoms with Gasteiger partial charge in [0.1, 0.15) is 11.5 Å². The molecule has 1 fully saturated rings. The first-order valence-electron chi connectivity index (χ1n) is 7.98. The van der Waals surface area contributed by atoms with E-state index in [9.17, 15) is 9.59 Å². The minimum atomic E-state index is -0.340. The van der Waals surface area contributed by atoms with Crippen molar-refractivity contribution in [3.05, 3.63) is 56.5 Å². The average molecular weight is 496 g/mol. The molecule has 0 aromatic heterocycles. The van der Waals surface area contributed by atoms with E-state index in [1.54, 1.807) is 38.5 Å². The smallest absolute Gasteiger partial charge is 0.295 e. The number of carbonyl (C=O) groups is 2. The van der Waals surface area contributed by atoms with E-state index in [2.05, 4.69) is 27.9 Å². The van der Waals surface area contributed by atoms with Crippen LogP contribution in [0.2, 0.25) is 0 Å². The van der Waals surface area contributed by atoms with Gasteiger partial charge in [-0.15, -0.1) is 0 Å².